The number of carbonyl (C=O) groups is 1. The third-order valence-corrected chi connectivity index (χ3v) is 5.35. The zero-order valence-corrected chi connectivity index (χ0v) is 13.6. The highest BCUT2D eigenvalue weighted by molar-refractivity contribution is 7.88. The molecule has 7 nitrogen and oxygen atoms in total. The Morgan fingerprint density at radius 3 is 2.57 bits per heavy atom. The van der Waals surface area contributed by atoms with Crippen molar-refractivity contribution in [2.24, 2.45) is 0 Å². The van der Waals surface area contributed by atoms with E-state index in [1.54, 1.807) is 6.92 Å². The number of hydrogen-bond donors (Lipinski definition) is 1. The number of morpholine rings is 1. The molecule has 0 aromatic heterocycles. The van der Waals surface area contributed by atoms with Crippen LogP contribution < -0.4 is 5.32 Å². The van der Waals surface area contributed by atoms with Gasteiger partial charge in [0.25, 0.3) is 5.91 Å². The van der Waals surface area contributed by atoms with Crippen LogP contribution in [-0.2, 0) is 19.6 Å². The molecule has 0 aliphatic carbocycles. The van der Waals surface area contributed by atoms with Crippen molar-refractivity contribution in [1.29, 1.82) is 0 Å². The Hall–Kier alpha value is -0.700. The Bertz CT molecular complexity index is 476. The SMILES string of the molecule is C[C@@]1(C(=O)NCCN2CCCC2)CN(S(C)(=O)=O)CCO1. The van der Waals surface area contributed by atoms with Gasteiger partial charge in [0.1, 0.15) is 0 Å². The molecule has 0 unspecified atom stereocenters. The normalized spacial score (nSPS) is 28.7. The number of amides is 1. The zero-order chi connectivity index (χ0) is 15.5. The van der Waals surface area contributed by atoms with E-state index in [2.05, 4.69) is 10.2 Å². The molecule has 0 spiro atoms. The van der Waals surface area contributed by atoms with E-state index in [9.17, 15) is 13.2 Å². The van der Waals surface area contributed by atoms with Crippen molar-refractivity contribution in [1.82, 2.24) is 14.5 Å². The van der Waals surface area contributed by atoms with E-state index in [1.807, 2.05) is 0 Å². The van der Waals surface area contributed by atoms with E-state index in [1.165, 1.54) is 17.1 Å². The molecule has 1 amide bonds. The van der Waals surface area contributed by atoms with Gasteiger partial charge in [0.15, 0.2) is 5.60 Å². The highest BCUT2D eigenvalue weighted by atomic mass is 32.2. The molecule has 2 saturated heterocycles. The molecular formula is C13H25N3O4S. The second-order valence-electron chi connectivity index (χ2n) is 5.98. The summed E-state index contributed by atoms with van der Waals surface area (Å²) in [6.45, 7) is 5.83. The molecule has 1 N–H and O–H groups in total. The van der Waals surface area contributed by atoms with Gasteiger partial charge in [-0.3, -0.25) is 4.79 Å². The van der Waals surface area contributed by atoms with Gasteiger partial charge in [0, 0.05) is 19.6 Å². The highest BCUT2D eigenvalue weighted by Crippen LogP contribution is 2.19. The van der Waals surface area contributed by atoms with Crippen LogP contribution in [0.3, 0.4) is 0 Å². The molecule has 0 bridgehead atoms. The summed E-state index contributed by atoms with van der Waals surface area (Å²) >= 11 is 0. The first-order valence-corrected chi connectivity index (χ1v) is 9.26. The lowest BCUT2D eigenvalue weighted by molar-refractivity contribution is -0.152. The van der Waals surface area contributed by atoms with Crippen LogP contribution in [0.5, 0.6) is 0 Å². The molecular weight excluding hydrogens is 294 g/mol. The van der Waals surface area contributed by atoms with E-state index in [-0.39, 0.29) is 19.1 Å². The fourth-order valence-electron chi connectivity index (χ4n) is 2.78. The second-order valence-corrected chi connectivity index (χ2v) is 7.96. The summed E-state index contributed by atoms with van der Waals surface area (Å²) in [5, 5.41) is 2.86. The number of hydrogen-bond acceptors (Lipinski definition) is 5. The summed E-state index contributed by atoms with van der Waals surface area (Å²) in [6.07, 6.45) is 3.60. The van der Waals surface area contributed by atoms with Crippen LogP contribution in [0.15, 0.2) is 0 Å². The van der Waals surface area contributed by atoms with Crippen LogP contribution in [0.1, 0.15) is 19.8 Å². The smallest absolute Gasteiger partial charge is 0.253 e. The Morgan fingerprint density at radius 2 is 1.95 bits per heavy atom. The lowest BCUT2D eigenvalue weighted by atomic mass is 10.0. The van der Waals surface area contributed by atoms with Crippen LogP contribution in [0.25, 0.3) is 0 Å². The molecule has 2 aliphatic heterocycles. The Morgan fingerprint density at radius 1 is 1.29 bits per heavy atom. The lowest BCUT2D eigenvalue weighted by Gasteiger charge is -2.38. The minimum absolute atomic E-state index is 0.0708. The molecule has 1 atom stereocenters. The molecule has 2 heterocycles. The van der Waals surface area contributed by atoms with Crippen molar-refractivity contribution in [2.45, 2.75) is 25.4 Å². The first-order valence-electron chi connectivity index (χ1n) is 7.41. The number of rotatable bonds is 5. The average Bonchev–Trinajstić information content (AvgIpc) is 2.91. The van der Waals surface area contributed by atoms with Gasteiger partial charge in [0.2, 0.25) is 10.0 Å². The molecule has 0 aromatic carbocycles. The monoisotopic (exact) mass is 319 g/mol. The highest BCUT2D eigenvalue weighted by Gasteiger charge is 2.41. The van der Waals surface area contributed by atoms with Gasteiger partial charge < -0.3 is 15.0 Å². The molecule has 0 radical (unpaired) electrons. The zero-order valence-electron chi connectivity index (χ0n) is 12.8. The van der Waals surface area contributed by atoms with E-state index in [0.717, 1.165) is 25.9 Å². The number of sulfonamides is 1. The van der Waals surface area contributed by atoms with Gasteiger partial charge in [-0.1, -0.05) is 0 Å². The maximum absolute atomic E-state index is 12.3. The van der Waals surface area contributed by atoms with Gasteiger partial charge in [-0.25, -0.2) is 8.42 Å². The number of likely N-dealkylation sites (tertiary alicyclic amines) is 1. The van der Waals surface area contributed by atoms with Crippen molar-refractivity contribution in [3.8, 4) is 0 Å². The minimum atomic E-state index is -3.30. The quantitative estimate of drug-likeness (QED) is 0.721. The summed E-state index contributed by atoms with van der Waals surface area (Å²) in [4.78, 5) is 14.6. The van der Waals surface area contributed by atoms with Gasteiger partial charge in [-0.2, -0.15) is 4.31 Å². The Balaban J connectivity index is 1.84. The van der Waals surface area contributed by atoms with Gasteiger partial charge in [-0.15, -0.1) is 0 Å². The Kier molecular flexibility index (Phi) is 5.24. The summed E-state index contributed by atoms with van der Waals surface area (Å²) < 4.78 is 30.1. The summed E-state index contributed by atoms with van der Waals surface area (Å²) in [7, 11) is -3.30. The molecule has 122 valence electrons. The maximum Gasteiger partial charge on any atom is 0.253 e. The standard InChI is InChI=1S/C13H25N3O4S/c1-13(11-16(9-10-20-13)21(2,18)19)12(17)14-5-8-15-6-3-4-7-15/h3-11H2,1-2H3,(H,14,17)/t13-/m0/s1. The molecule has 21 heavy (non-hydrogen) atoms. The van der Waals surface area contributed by atoms with Crippen LogP contribution in [-0.4, -0.2) is 81.3 Å². The van der Waals surface area contributed by atoms with E-state index >= 15 is 0 Å². The summed E-state index contributed by atoms with van der Waals surface area (Å²) in [5.41, 5.74) is -1.10. The Labute approximate surface area is 126 Å². The molecule has 0 aromatic rings. The number of nitrogens with zero attached hydrogens (tertiary/aromatic N) is 2. The number of ether oxygens (including phenoxy) is 1. The number of nitrogens with one attached hydrogen (secondary N) is 1. The lowest BCUT2D eigenvalue weighted by Crippen LogP contribution is -2.59. The largest absolute Gasteiger partial charge is 0.363 e. The van der Waals surface area contributed by atoms with E-state index in [0.29, 0.717) is 13.1 Å². The topological polar surface area (TPSA) is 79.0 Å². The van der Waals surface area contributed by atoms with Crippen molar-refractivity contribution in [2.75, 3.05) is 52.1 Å². The fraction of sp³-hybridized carbons (Fsp3) is 0.923. The minimum Gasteiger partial charge on any atom is -0.363 e. The van der Waals surface area contributed by atoms with Crippen LogP contribution in [0.2, 0.25) is 0 Å². The summed E-state index contributed by atoms with van der Waals surface area (Å²) in [5.74, 6) is -0.241. The fourth-order valence-corrected chi connectivity index (χ4v) is 3.66. The van der Waals surface area contributed by atoms with Crippen molar-refractivity contribution < 1.29 is 17.9 Å². The maximum atomic E-state index is 12.3. The first kappa shape index (κ1) is 16.7. The van der Waals surface area contributed by atoms with Crippen molar-refractivity contribution >= 4 is 15.9 Å². The van der Waals surface area contributed by atoms with E-state index < -0.39 is 15.6 Å². The van der Waals surface area contributed by atoms with Gasteiger partial charge in [-0.05, 0) is 32.9 Å². The van der Waals surface area contributed by atoms with Crippen LogP contribution >= 0.6 is 0 Å². The number of carbonyl (C=O) groups excluding carboxylic acids is 1. The average molecular weight is 319 g/mol. The van der Waals surface area contributed by atoms with Crippen LogP contribution in [0, 0.1) is 0 Å². The van der Waals surface area contributed by atoms with Crippen LogP contribution in [0.4, 0.5) is 0 Å². The predicted molar refractivity (Wildman–Crippen MR) is 79.5 cm³/mol. The van der Waals surface area contributed by atoms with Gasteiger partial charge in [0.05, 0.1) is 19.4 Å². The first-order chi connectivity index (χ1) is 9.81. The third-order valence-electron chi connectivity index (χ3n) is 4.10. The molecule has 2 aliphatic rings. The molecule has 0 saturated carbocycles. The second kappa shape index (κ2) is 6.60. The molecule has 2 rings (SSSR count). The van der Waals surface area contributed by atoms with E-state index in [4.69, 9.17) is 4.74 Å². The van der Waals surface area contributed by atoms with Gasteiger partial charge >= 0.3 is 0 Å². The summed E-state index contributed by atoms with van der Waals surface area (Å²) in [6, 6.07) is 0. The van der Waals surface area contributed by atoms with Crippen molar-refractivity contribution in [3.63, 3.8) is 0 Å². The molecule has 8 heteroatoms. The molecule has 2 fully saturated rings. The van der Waals surface area contributed by atoms with Crippen molar-refractivity contribution in [3.05, 3.63) is 0 Å². The third kappa shape index (κ3) is 4.38. The predicted octanol–water partition coefficient (Wildman–Crippen LogP) is -0.751.